The number of aryl methyl sites for hydroxylation is 2. The van der Waals surface area contributed by atoms with Crippen LogP contribution in [-0.4, -0.2) is 34.5 Å². The van der Waals surface area contributed by atoms with Crippen molar-refractivity contribution in [2.75, 3.05) is 6.54 Å². The van der Waals surface area contributed by atoms with Crippen LogP contribution in [0.1, 0.15) is 41.3 Å². The molecular formula is C16H21NO3. The van der Waals surface area contributed by atoms with Gasteiger partial charge in [-0.2, -0.15) is 0 Å². The number of carbonyl (C=O) groups excluding carboxylic acids is 1. The summed E-state index contributed by atoms with van der Waals surface area (Å²) in [7, 11) is 0. The van der Waals surface area contributed by atoms with Gasteiger partial charge in [0.05, 0.1) is 0 Å². The average Bonchev–Trinajstić information content (AvgIpc) is 2.40. The highest BCUT2D eigenvalue weighted by Gasteiger charge is 2.37. The van der Waals surface area contributed by atoms with Gasteiger partial charge in [0.2, 0.25) is 0 Å². The van der Waals surface area contributed by atoms with Gasteiger partial charge in [-0.1, -0.05) is 24.6 Å². The molecular weight excluding hydrogens is 254 g/mol. The Morgan fingerprint density at radius 1 is 1.30 bits per heavy atom. The molecule has 2 unspecified atom stereocenters. The van der Waals surface area contributed by atoms with E-state index in [9.17, 15) is 14.7 Å². The molecule has 2 atom stereocenters. The average molecular weight is 275 g/mol. The molecule has 1 aromatic rings. The van der Waals surface area contributed by atoms with Gasteiger partial charge in [-0.3, -0.25) is 4.79 Å². The van der Waals surface area contributed by atoms with Crippen LogP contribution in [0.25, 0.3) is 0 Å². The molecule has 1 aliphatic rings. The predicted octanol–water partition coefficient (Wildman–Crippen LogP) is 2.63. The Bertz CT molecular complexity index is 539. The lowest BCUT2D eigenvalue weighted by molar-refractivity contribution is -0.145. The minimum atomic E-state index is -0.907. The van der Waals surface area contributed by atoms with Crippen LogP contribution in [0.2, 0.25) is 0 Å². The van der Waals surface area contributed by atoms with Crippen LogP contribution in [0, 0.1) is 19.8 Å². The van der Waals surface area contributed by atoms with Crippen LogP contribution in [-0.2, 0) is 4.79 Å². The maximum absolute atomic E-state index is 12.7. The molecule has 1 saturated heterocycles. The molecule has 108 valence electrons. The standard InChI is InChI=1S/C16H21NO3/c1-10-6-7-11(2)13(9-10)15(18)17-8-4-5-12(3)14(17)16(19)20/h6-7,9,12,14H,4-5,8H2,1-3H3,(H,19,20). The molecule has 1 heterocycles. The maximum Gasteiger partial charge on any atom is 0.326 e. The monoisotopic (exact) mass is 275 g/mol. The first kappa shape index (κ1) is 14.6. The Hall–Kier alpha value is -1.84. The summed E-state index contributed by atoms with van der Waals surface area (Å²) in [6.45, 7) is 6.24. The van der Waals surface area contributed by atoms with Gasteiger partial charge in [0.15, 0.2) is 0 Å². The second-order valence-electron chi connectivity index (χ2n) is 5.72. The minimum absolute atomic E-state index is 0.00434. The SMILES string of the molecule is Cc1ccc(C)c(C(=O)N2CCCC(C)C2C(=O)O)c1. The molecule has 4 nitrogen and oxygen atoms in total. The van der Waals surface area contributed by atoms with Gasteiger partial charge < -0.3 is 10.0 Å². The Balaban J connectivity index is 2.35. The number of hydrogen-bond acceptors (Lipinski definition) is 2. The largest absolute Gasteiger partial charge is 0.480 e. The highest BCUT2D eigenvalue weighted by molar-refractivity contribution is 5.98. The van der Waals surface area contributed by atoms with E-state index in [0.29, 0.717) is 12.1 Å². The smallest absolute Gasteiger partial charge is 0.326 e. The number of amides is 1. The van der Waals surface area contributed by atoms with E-state index >= 15 is 0 Å². The topological polar surface area (TPSA) is 57.6 Å². The highest BCUT2D eigenvalue weighted by Crippen LogP contribution is 2.26. The third-order valence-corrected chi connectivity index (χ3v) is 4.07. The normalized spacial score (nSPS) is 22.6. The Morgan fingerprint density at radius 2 is 2.00 bits per heavy atom. The summed E-state index contributed by atoms with van der Waals surface area (Å²) in [6, 6.07) is 5.00. The van der Waals surface area contributed by atoms with Gasteiger partial charge >= 0.3 is 5.97 Å². The fraction of sp³-hybridized carbons (Fsp3) is 0.500. The molecule has 1 N–H and O–H groups in total. The van der Waals surface area contributed by atoms with Gasteiger partial charge in [0.1, 0.15) is 6.04 Å². The van der Waals surface area contributed by atoms with Gasteiger partial charge in [0, 0.05) is 12.1 Å². The molecule has 0 saturated carbocycles. The Labute approximate surface area is 119 Å². The third-order valence-electron chi connectivity index (χ3n) is 4.07. The van der Waals surface area contributed by atoms with Crippen LogP contribution in [0.15, 0.2) is 18.2 Å². The Kier molecular flexibility index (Phi) is 4.12. The van der Waals surface area contributed by atoms with E-state index in [1.54, 1.807) is 0 Å². The summed E-state index contributed by atoms with van der Waals surface area (Å²) in [5, 5.41) is 9.40. The number of aliphatic carboxylic acids is 1. The van der Waals surface area contributed by atoms with Crippen LogP contribution < -0.4 is 0 Å². The van der Waals surface area contributed by atoms with Gasteiger partial charge in [-0.25, -0.2) is 4.79 Å². The lowest BCUT2D eigenvalue weighted by atomic mass is 9.90. The van der Waals surface area contributed by atoms with E-state index in [1.165, 1.54) is 4.90 Å². The number of carbonyl (C=O) groups is 2. The number of carboxylic acid groups (broad SMARTS) is 1. The van der Waals surface area contributed by atoms with Crippen molar-refractivity contribution < 1.29 is 14.7 Å². The van der Waals surface area contributed by atoms with Gasteiger partial charge in [0.25, 0.3) is 5.91 Å². The molecule has 4 heteroatoms. The van der Waals surface area contributed by atoms with E-state index in [2.05, 4.69) is 0 Å². The lowest BCUT2D eigenvalue weighted by Gasteiger charge is -2.37. The van der Waals surface area contributed by atoms with E-state index in [-0.39, 0.29) is 11.8 Å². The zero-order valence-electron chi connectivity index (χ0n) is 12.2. The molecule has 1 aromatic carbocycles. The number of likely N-dealkylation sites (tertiary alicyclic amines) is 1. The van der Waals surface area contributed by atoms with Crippen molar-refractivity contribution in [3.63, 3.8) is 0 Å². The number of piperidine rings is 1. The minimum Gasteiger partial charge on any atom is -0.480 e. The Morgan fingerprint density at radius 3 is 2.65 bits per heavy atom. The first-order valence-corrected chi connectivity index (χ1v) is 7.03. The number of rotatable bonds is 2. The molecule has 0 aliphatic carbocycles. The molecule has 0 aromatic heterocycles. The van der Waals surface area contributed by atoms with Crippen molar-refractivity contribution in [2.45, 2.75) is 39.7 Å². The maximum atomic E-state index is 12.7. The second-order valence-corrected chi connectivity index (χ2v) is 5.72. The number of benzene rings is 1. The molecule has 1 aliphatic heterocycles. The first-order valence-electron chi connectivity index (χ1n) is 7.03. The van der Waals surface area contributed by atoms with Crippen LogP contribution >= 0.6 is 0 Å². The predicted molar refractivity (Wildman–Crippen MR) is 76.8 cm³/mol. The molecule has 20 heavy (non-hydrogen) atoms. The lowest BCUT2D eigenvalue weighted by Crippen LogP contribution is -2.52. The van der Waals surface area contributed by atoms with Crippen molar-refractivity contribution in [1.29, 1.82) is 0 Å². The number of nitrogens with zero attached hydrogens (tertiary/aromatic N) is 1. The summed E-state index contributed by atoms with van der Waals surface area (Å²) in [4.78, 5) is 25.7. The summed E-state index contributed by atoms with van der Waals surface area (Å²) < 4.78 is 0. The van der Waals surface area contributed by atoms with E-state index in [1.807, 2.05) is 39.0 Å². The zero-order valence-corrected chi connectivity index (χ0v) is 12.2. The first-order chi connectivity index (χ1) is 9.41. The second kappa shape index (κ2) is 5.65. The van der Waals surface area contributed by atoms with Gasteiger partial charge in [-0.15, -0.1) is 0 Å². The molecule has 0 spiro atoms. The van der Waals surface area contributed by atoms with Crippen molar-refractivity contribution in [2.24, 2.45) is 5.92 Å². The van der Waals surface area contributed by atoms with E-state index < -0.39 is 12.0 Å². The van der Waals surface area contributed by atoms with Crippen molar-refractivity contribution >= 4 is 11.9 Å². The van der Waals surface area contributed by atoms with E-state index in [4.69, 9.17) is 0 Å². The summed E-state index contributed by atoms with van der Waals surface area (Å²) >= 11 is 0. The summed E-state index contributed by atoms with van der Waals surface area (Å²) in [6.07, 6.45) is 1.72. The molecule has 2 rings (SSSR count). The summed E-state index contributed by atoms with van der Waals surface area (Å²) in [5.41, 5.74) is 2.52. The highest BCUT2D eigenvalue weighted by atomic mass is 16.4. The molecule has 1 amide bonds. The van der Waals surface area contributed by atoms with Crippen molar-refractivity contribution in [1.82, 2.24) is 4.90 Å². The van der Waals surface area contributed by atoms with Crippen LogP contribution in [0.5, 0.6) is 0 Å². The number of hydrogen-bond donors (Lipinski definition) is 1. The fourth-order valence-corrected chi connectivity index (χ4v) is 2.91. The van der Waals surface area contributed by atoms with E-state index in [0.717, 1.165) is 24.0 Å². The third kappa shape index (κ3) is 2.69. The van der Waals surface area contributed by atoms with Crippen LogP contribution in [0.3, 0.4) is 0 Å². The quantitative estimate of drug-likeness (QED) is 0.902. The molecule has 1 fully saturated rings. The van der Waals surface area contributed by atoms with Crippen molar-refractivity contribution in [3.05, 3.63) is 34.9 Å². The fourth-order valence-electron chi connectivity index (χ4n) is 2.91. The van der Waals surface area contributed by atoms with Crippen molar-refractivity contribution in [3.8, 4) is 0 Å². The van der Waals surface area contributed by atoms with Gasteiger partial charge in [-0.05, 0) is 44.2 Å². The van der Waals surface area contributed by atoms with Crippen LogP contribution in [0.4, 0.5) is 0 Å². The molecule has 0 bridgehead atoms. The summed E-state index contributed by atoms with van der Waals surface area (Å²) in [5.74, 6) is -1.07. The zero-order chi connectivity index (χ0) is 14.9. The number of carboxylic acids is 1. The molecule has 0 radical (unpaired) electrons.